The van der Waals surface area contributed by atoms with Crippen molar-refractivity contribution in [1.29, 1.82) is 0 Å². The molecule has 0 amide bonds. The number of aryl methyl sites for hydroxylation is 1. The molecule has 130 valence electrons. The first-order chi connectivity index (χ1) is 12.2. The summed E-state index contributed by atoms with van der Waals surface area (Å²) in [5.74, 6) is 2.34. The SMILES string of the molecule is CC=COc1ccc2c(c1)OC(c1ccc(O)cc1OC=CC)CC2. The van der Waals surface area contributed by atoms with E-state index in [0.717, 1.165) is 29.9 Å². The number of fused-ring (bicyclic) bond motifs is 1. The monoisotopic (exact) mass is 338 g/mol. The molecule has 0 aliphatic carbocycles. The van der Waals surface area contributed by atoms with Crippen LogP contribution in [0.4, 0.5) is 0 Å². The fourth-order valence-corrected chi connectivity index (χ4v) is 2.82. The standard InChI is InChI=1S/C21H22O4/c1-3-11-23-17-8-5-15-6-10-19(25-20(15)14-17)18-9-7-16(22)13-21(18)24-12-4-2/h3-5,7-9,11-14,19,22H,6,10H2,1-2H3. The molecule has 3 rings (SSSR count). The number of phenols is 1. The zero-order chi connectivity index (χ0) is 17.6. The summed E-state index contributed by atoms with van der Waals surface area (Å²) in [5.41, 5.74) is 2.08. The van der Waals surface area contributed by atoms with E-state index < -0.39 is 0 Å². The highest BCUT2D eigenvalue weighted by atomic mass is 16.5. The van der Waals surface area contributed by atoms with E-state index in [9.17, 15) is 5.11 Å². The normalized spacial score (nSPS) is 16.6. The van der Waals surface area contributed by atoms with Crippen LogP contribution in [0, 0.1) is 0 Å². The van der Waals surface area contributed by atoms with E-state index in [1.807, 2.05) is 44.2 Å². The molecule has 0 saturated carbocycles. The second-order valence-electron chi connectivity index (χ2n) is 5.81. The van der Waals surface area contributed by atoms with Gasteiger partial charge < -0.3 is 19.3 Å². The van der Waals surface area contributed by atoms with Crippen LogP contribution in [0.3, 0.4) is 0 Å². The summed E-state index contributed by atoms with van der Waals surface area (Å²) in [6.07, 6.45) is 8.50. The molecule has 0 bridgehead atoms. The molecule has 0 fully saturated rings. The summed E-state index contributed by atoms with van der Waals surface area (Å²) < 4.78 is 17.4. The number of allylic oxidation sites excluding steroid dienone is 2. The van der Waals surface area contributed by atoms with Crippen LogP contribution in [-0.4, -0.2) is 5.11 Å². The minimum absolute atomic E-state index is 0.134. The average Bonchev–Trinajstić information content (AvgIpc) is 2.64. The largest absolute Gasteiger partial charge is 0.508 e. The molecule has 0 spiro atoms. The number of ether oxygens (including phenoxy) is 3. The molecule has 2 aromatic carbocycles. The molecule has 1 atom stereocenters. The van der Waals surface area contributed by atoms with Crippen LogP contribution >= 0.6 is 0 Å². The van der Waals surface area contributed by atoms with Crippen LogP contribution in [0.5, 0.6) is 23.0 Å². The van der Waals surface area contributed by atoms with Crippen molar-refractivity contribution >= 4 is 0 Å². The maximum Gasteiger partial charge on any atom is 0.137 e. The van der Waals surface area contributed by atoms with Gasteiger partial charge in [-0.2, -0.15) is 0 Å². The lowest BCUT2D eigenvalue weighted by Gasteiger charge is -2.27. The predicted octanol–water partition coefficient (Wildman–Crippen LogP) is 5.28. The van der Waals surface area contributed by atoms with Gasteiger partial charge in [-0.25, -0.2) is 0 Å². The summed E-state index contributed by atoms with van der Waals surface area (Å²) >= 11 is 0. The van der Waals surface area contributed by atoms with Crippen molar-refractivity contribution in [3.05, 3.63) is 72.2 Å². The molecule has 0 radical (unpaired) electrons. The van der Waals surface area contributed by atoms with E-state index in [-0.39, 0.29) is 11.9 Å². The lowest BCUT2D eigenvalue weighted by molar-refractivity contribution is 0.173. The Labute approximate surface area is 148 Å². The van der Waals surface area contributed by atoms with Crippen LogP contribution in [0.2, 0.25) is 0 Å². The Balaban J connectivity index is 1.87. The molecule has 4 heteroatoms. The summed E-state index contributed by atoms with van der Waals surface area (Å²) in [7, 11) is 0. The topological polar surface area (TPSA) is 47.9 Å². The van der Waals surface area contributed by atoms with Crippen LogP contribution in [-0.2, 0) is 6.42 Å². The molecule has 2 aromatic rings. The first-order valence-electron chi connectivity index (χ1n) is 8.39. The zero-order valence-electron chi connectivity index (χ0n) is 14.4. The molecule has 1 aliphatic heterocycles. The van der Waals surface area contributed by atoms with Gasteiger partial charge in [0.2, 0.25) is 0 Å². The third-order valence-electron chi connectivity index (χ3n) is 4.00. The van der Waals surface area contributed by atoms with Gasteiger partial charge in [0.05, 0.1) is 12.5 Å². The Morgan fingerprint density at radius 2 is 1.84 bits per heavy atom. The molecule has 1 unspecified atom stereocenters. The minimum Gasteiger partial charge on any atom is -0.508 e. The maximum atomic E-state index is 9.74. The van der Waals surface area contributed by atoms with E-state index in [1.54, 1.807) is 30.7 Å². The van der Waals surface area contributed by atoms with Crippen LogP contribution in [0.15, 0.2) is 61.1 Å². The second kappa shape index (κ2) is 7.79. The van der Waals surface area contributed by atoms with Gasteiger partial charge >= 0.3 is 0 Å². The Morgan fingerprint density at radius 1 is 1.04 bits per heavy atom. The molecular weight excluding hydrogens is 316 g/mol. The van der Waals surface area contributed by atoms with Gasteiger partial charge in [0.1, 0.15) is 29.1 Å². The molecule has 25 heavy (non-hydrogen) atoms. The highest BCUT2D eigenvalue weighted by Crippen LogP contribution is 2.40. The summed E-state index contributed by atoms with van der Waals surface area (Å²) in [4.78, 5) is 0. The quantitative estimate of drug-likeness (QED) is 0.753. The second-order valence-corrected chi connectivity index (χ2v) is 5.81. The highest BCUT2D eigenvalue weighted by molar-refractivity contribution is 5.46. The van der Waals surface area contributed by atoms with Crippen molar-refractivity contribution in [2.45, 2.75) is 32.8 Å². The molecular formula is C21H22O4. The van der Waals surface area contributed by atoms with Crippen molar-refractivity contribution in [3.8, 4) is 23.0 Å². The Morgan fingerprint density at radius 3 is 2.64 bits per heavy atom. The van der Waals surface area contributed by atoms with E-state index in [1.165, 1.54) is 5.56 Å². The van der Waals surface area contributed by atoms with Gasteiger partial charge in [-0.1, -0.05) is 18.2 Å². The van der Waals surface area contributed by atoms with Gasteiger partial charge in [0.25, 0.3) is 0 Å². The van der Waals surface area contributed by atoms with Gasteiger partial charge in [-0.15, -0.1) is 0 Å². The molecule has 1 N–H and O–H groups in total. The first-order valence-corrected chi connectivity index (χ1v) is 8.39. The zero-order valence-corrected chi connectivity index (χ0v) is 14.4. The van der Waals surface area contributed by atoms with Crippen LogP contribution in [0.25, 0.3) is 0 Å². The summed E-state index contributed by atoms with van der Waals surface area (Å²) in [5, 5.41) is 9.74. The number of phenolic OH excluding ortho intramolecular Hbond substituents is 1. The van der Waals surface area contributed by atoms with Gasteiger partial charge in [0.15, 0.2) is 0 Å². The van der Waals surface area contributed by atoms with E-state index in [0.29, 0.717) is 5.75 Å². The Bertz CT molecular complexity index is 792. The number of hydrogen-bond donors (Lipinski definition) is 1. The molecule has 1 aliphatic rings. The summed E-state index contributed by atoms with van der Waals surface area (Å²) in [6.45, 7) is 3.78. The van der Waals surface area contributed by atoms with Gasteiger partial charge in [-0.05, 0) is 50.5 Å². The highest BCUT2D eigenvalue weighted by Gasteiger charge is 2.24. The van der Waals surface area contributed by atoms with E-state index >= 15 is 0 Å². The molecule has 1 heterocycles. The van der Waals surface area contributed by atoms with Crippen molar-refractivity contribution in [3.63, 3.8) is 0 Å². The van der Waals surface area contributed by atoms with Crippen LogP contribution < -0.4 is 14.2 Å². The lowest BCUT2D eigenvalue weighted by Crippen LogP contribution is -2.15. The van der Waals surface area contributed by atoms with Crippen molar-refractivity contribution in [2.75, 3.05) is 0 Å². The number of benzene rings is 2. The third kappa shape index (κ3) is 3.97. The third-order valence-corrected chi connectivity index (χ3v) is 4.00. The van der Waals surface area contributed by atoms with Crippen molar-refractivity contribution < 1.29 is 19.3 Å². The molecule has 0 saturated heterocycles. The van der Waals surface area contributed by atoms with Crippen LogP contribution in [0.1, 0.15) is 37.5 Å². The number of rotatable bonds is 5. The maximum absolute atomic E-state index is 9.74. The fourth-order valence-electron chi connectivity index (χ4n) is 2.82. The smallest absolute Gasteiger partial charge is 0.137 e. The van der Waals surface area contributed by atoms with Gasteiger partial charge in [-0.3, -0.25) is 0 Å². The Kier molecular flexibility index (Phi) is 5.29. The van der Waals surface area contributed by atoms with Crippen molar-refractivity contribution in [1.82, 2.24) is 0 Å². The molecule has 4 nitrogen and oxygen atoms in total. The molecule has 0 aromatic heterocycles. The van der Waals surface area contributed by atoms with E-state index in [4.69, 9.17) is 14.2 Å². The van der Waals surface area contributed by atoms with E-state index in [2.05, 4.69) is 0 Å². The average molecular weight is 338 g/mol. The lowest BCUT2D eigenvalue weighted by atomic mass is 9.96. The van der Waals surface area contributed by atoms with Crippen molar-refractivity contribution in [2.24, 2.45) is 0 Å². The number of hydrogen-bond acceptors (Lipinski definition) is 4. The first kappa shape index (κ1) is 17.0. The summed E-state index contributed by atoms with van der Waals surface area (Å²) in [6, 6.07) is 11.0. The minimum atomic E-state index is -0.134. The fraction of sp³-hybridized carbons (Fsp3) is 0.238. The Hall–Kier alpha value is -2.88. The predicted molar refractivity (Wildman–Crippen MR) is 97.1 cm³/mol. The number of aromatic hydroxyl groups is 1. The van der Waals surface area contributed by atoms with Gasteiger partial charge in [0, 0.05) is 17.7 Å².